The summed E-state index contributed by atoms with van der Waals surface area (Å²) in [7, 11) is 3.60. The summed E-state index contributed by atoms with van der Waals surface area (Å²) in [6.45, 7) is 5.24. The van der Waals surface area contributed by atoms with E-state index in [0.717, 1.165) is 10.8 Å². The molecule has 1 aliphatic rings. The molecule has 0 amide bonds. The zero-order valence-corrected chi connectivity index (χ0v) is 29.6. The highest BCUT2D eigenvalue weighted by Crippen LogP contribution is 2.49. The van der Waals surface area contributed by atoms with Crippen LogP contribution in [0.15, 0.2) is 48.8 Å². The summed E-state index contributed by atoms with van der Waals surface area (Å²) in [5.41, 5.74) is -2.28. The SMILES string of the molecule is C#C[C@@]1(F)[C@H](O)[C@@H](COP(=S)(N[C@H](C)C(=O)OCC(C)(C)C)Oc2cccc3ccccc23)O[C@H]1n1cnc2c(N(C)C)nc(C)nc21. The molecule has 5 rings (SSSR count). The van der Waals surface area contributed by atoms with Crippen molar-refractivity contribution < 1.29 is 32.8 Å². The van der Waals surface area contributed by atoms with E-state index < -0.39 is 49.4 Å². The number of aromatic nitrogens is 4. The van der Waals surface area contributed by atoms with Crippen molar-refractivity contribution in [3.63, 3.8) is 0 Å². The number of benzene rings is 2. The van der Waals surface area contributed by atoms with Crippen LogP contribution in [0.25, 0.3) is 21.9 Å². The quantitative estimate of drug-likeness (QED) is 0.126. The Balaban J connectivity index is 1.43. The van der Waals surface area contributed by atoms with Gasteiger partial charge in [-0.25, -0.2) is 24.4 Å². The van der Waals surface area contributed by atoms with E-state index in [-0.39, 0.29) is 17.7 Å². The maximum atomic E-state index is 16.5. The molecule has 0 spiro atoms. The maximum Gasteiger partial charge on any atom is 0.323 e. The van der Waals surface area contributed by atoms with Gasteiger partial charge in [-0.05, 0) is 42.5 Å². The number of terminal acetylenes is 1. The van der Waals surface area contributed by atoms with E-state index in [1.54, 1.807) is 45.0 Å². The number of rotatable bonds is 11. The van der Waals surface area contributed by atoms with Gasteiger partial charge in [0, 0.05) is 19.5 Å². The Morgan fingerprint density at radius 3 is 2.67 bits per heavy atom. The molecule has 6 atom stereocenters. The lowest BCUT2D eigenvalue weighted by Crippen LogP contribution is -2.42. The normalized spacial score (nSPS) is 23.0. The fourth-order valence-corrected chi connectivity index (χ4v) is 7.59. The van der Waals surface area contributed by atoms with Gasteiger partial charge >= 0.3 is 12.6 Å². The summed E-state index contributed by atoms with van der Waals surface area (Å²) in [5, 5.41) is 15.9. The molecular formula is C33H40FN6O6PS. The molecule has 3 heterocycles. The number of ether oxygens (including phenoxy) is 2. The van der Waals surface area contributed by atoms with Gasteiger partial charge in [0.05, 0.1) is 19.5 Å². The molecule has 1 saturated heterocycles. The van der Waals surface area contributed by atoms with Crippen LogP contribution in [0.3, 0.4) is 0 Å². The van der Waals surface area contributed by atoms with Gasteiger partial charge < -0.3 is 28.5 Å². The smallest absolute Gasteiger partial charge is 0.323 e. The fourth-order valence-electron chi connectivity index (χ4n) is 5.17. The van der Waals surface area contributed by atoms with Crippen LogP contribution in [0.5, 0.6) is 5.75 Å². The number of anilines is 1. The minimum atomic E-state index is -3.62. The highest BCUT2D eigenvalue weighted by atomic mass is 32.5. The summed E-state index contributed by atoms with van der Waals surface area (Å²) in [5.74, 6) is 2.87. The second kappa shape index (κ2) is 13.7. The Morgan fingerprint density at radius 1 is 1.27 bits per heavy atom. The molecule has 48 heavy (non-hydrogen) atoms. The minimum absolute atomic E-state index is 0.184. The molecule has 1 aliphatic heterocycles. The van der Waals surface area contributed by atoms with Crippen LogP contribution >= 0.6 is 6.64 Å². The van der Waals surface area contributed by atoms with Gasteiger partial charge in [-0.3, -0.25) is 9.36 Å². The van der Waals surface area contributed by atoms with Crippen molar-refractivity contribution in [1.29, 1.82) is 0 Å². The lowest BCUT2D eigenvalue weighted by Gasteiger charge is -2.28. The Kier molecular flexibility index (Phi) is 10.1. The van der Waals surface area contributed by atoms with Crippen LogP contribution in [-0.2, 0) is 30.6 Å². The van der Waals surface area contributed by atoms with Gasteiger partial charge in [-0.1, -0.05) is 63.1 Å². The van der Waals surface area contributed by atoms with Crippen LogP contribution in [0.2, 0.25) is 0 Å². The van der Waals surface area contributed by atoms with E-state index in [9.17, 15) is 9.90 Å². The van der Waals surface area contributed by atoms with Gasteiger partial charge in [0.15, 0.2) is 23.2 Å². The fraction of sp³-hybridized carbons (Fsp3) is 0.455. The topological polar surface area (TPSA) is 133 Å². The lowest BCUT2D eigenvalue weighted by atomic mass is 9.97. The number of imidazole rings is 1. The van der Waals surface area contributed by atoms with Crippen LogP contribution in [0, 0.1) is 24.7 Å². The number of halogens is 1. The number of nitrogens with one attached hydrogen (secondary N) is 1. The average molecular weight is 699 g/mol. The summed E-state index contributed by atoms with van der Waals surface area (Å²) in [4.78, 5) is 28.0. The van der Waals surface area contributed by atoms with E-state index >= 15 is 4.39 Å². The summed E-state index contributed by atoms with van der Waals surface area (Å²) < 4.78 is 42.0. The molecule has 0 saturated carbocycles. The van der Waals surface area contributed by atoms with E-state index in [4.69, 9.17) is 36.8 Å². The van der Waals surface area contributed by atoms with Gasteiger partial charge in [-0.2, -0.15) is 0 Å². The van der Waals surface area contributed by atoms with Crippen molar-refractivity contribution in [3.05, 3.63) is 54.6 Å². The third-order valence-corrected chi connectivity index (χ3v) is 10.1. The Hall–Kier alpha value is -3.70. The van der Waals surface area contributed by atoms with Crippen LogP contribution in [-0.4, -0.2) is 81.8 Å². The van der Waals surface area contributed by atoms with Crippen LogP contribution in [0.4, 0.5) is 10.2 Å². The molecule has 12 nitrogen and oxygen atoms in total. The van der Waals surface area contributed by atoms with Crippen molar-refractivity contribution in [1.82, 2.24) is 24.6 Å². The van der Waals surface area contributed by atoms with Gasteiger partial charge in [0.25, 0.3) is 0 Å². The number of esters is 1. The molecule has 4 aromatic rings. The van der Waals surface area contributed by atoms with Crippen LogP contribution in [0.1, 0.15) is 39.7 Å². The molecule has 2 aromatic heterocycles. The number of carbonyl (C=O) groups is 1. The first-order valence-electron chi connectivity index (χ1n) is 15.3. The first-order chi connectivity index (χ1) is 22.5. The molecule has 0 aliphatic carbocycles. The third-order valence-electron chi connectivity index (χ3n) is 7.59. The number of aliphatic hydroxyl groups is 1. The van der Waals surface area contributed by atoms with E-state index in [0.29, 0.717) is 22.9 Å². The molecule has 1 unspecified atom stereocenters. The number of aryl methyl sites for hydroxylation is 1. The van der Waals surface area contributed by atoms with E-state index in [1.165, 1.54) is 10.9 Å². The zero-order chi connectivity index (χ0) is 35.0. The molecule has 256 valence electrons. The zero-order valence-electron chi connectivity index (χ0n) is 27.9. The van der Waals surface area contributed by atoms with E-state index in [2.05, 4.69) is 26.0 Å². The predicted octanol–water partition coefficient (Wildman–Crippen LogP) is 4.84. The second-order valence-corrected chi connectivity index (χ2v) is 16.2. The average Bonchev–Trinajstić information content (AvgIpc) is 3.55. The van der Waals surface area contributed by atoms with Crippen molar-refractivity contribution in [2.24, 2.45) is 5.41 Å². The molecule has 0 bridgehead atoms. The Morgan fingerprint density at radius 2 is 1.98 bits per heavy atom. The predicted molar refractivity (Wildman–Crippen MR) is 185 cm³/mol. The van der Waals surface area contributed by atoms with Crippen molar-refractivity contribution in [2.75, 3.05) is 32.2 Å². The molecule has 15 heteroatoms. The Labute approximate surface area is 284 Å². The Bertz CT molecular complexity index is 1910. The third kappa shape index (κ3) is 7.32. The van der Waals surface area contributed by atoms with Crippen molar-refractivity contribution >= 4 is 52.2 Å². The molecule has 1 fully saturated rings. The molecule has 0 radical (unpaired) electrons. The number of nitrogens with zero attached hydrogens (tertiary/aromatic N) is 5. The number of carbonyl (C=O) groups excluding carboxylic acids is 1. The number of hydrogen-bond donors (Lipinski definition) is 2. The summed E-state index contributed by atoms with van der Waals surface area (Å²) in [6.07, 6.45) is 2.38. The molecule has 2 N–H and O–H groups in total. The van der Waals surface area contributed by atoms with Gasteiger partial charge in [0.1, 0.15) is 29.8 Å². The highest BCUT2D eigenvalue weighted by molar-refractivity contribution is 8.09. The number of aliphatic hydroxyl groups excluding tert-OH is 1. The first-order valence-corrected chi connectivity index (χ1v) is 17.9. The maximum absolute atomic E-state index is 16.5. The summed E-state index contributed by atoms with van der Waals surface area (Å²) >= 11 is 5.92. The molecular weight excluding hydrogens is 658 g/mol. The monoisotopic (exact) mass is 698 g/mol. The molecule has 2 aromatic carbocycles. The van der Waals surface area contributed by atoms with Gasteiger partial charge in [0.2, 0.25) is 5.67 Å². The van der Waals surface area contributed by atoms with E-state index in [1.807, 2.05) is 51.1 Å². The standard InChI is InChI=1S/C33H40FN6O6PS/c1-9-33(34)27(41)25(45-31(33)40-19-35-26-28(39(7)8)36-21(3)37-29(26)40)17-44-47(48,38-20(2)30(42)43-18-32(4,5)6)46-24-16-12-14-22-13-10-11-15-23(22)24/h1,10-16,19-20,25,27,31,41H,17-18H2,2-8H3,(H,38,48)/t20-,25-,27-,31-,33-,47?/m1/s1. The lowest BCUT2D eigenvalue weighted by molar-refractivity contribution is -0.148. The minimum Gasteiger partial charge on any atom is -0.464 e. The van der Waals surface area contributed by atoms with Crippen molar-refractivity contribution in [3.8, 4) is 18.1 Å². The number of fused-ring (bicyclic) bond motifs is 2. The number of alkyl halides is 1. The van der Waals surface area contributed by atoms with Crippen molar-refractivity contribution in [2.45, 2.75) is 64.8 Å². The van der Waals surface area contributed by atoms with Gasteiger partial charge in [-0.15, -0.1) is 6.42 Å². The number of hydrogen-bond acceptors (Lipinski definition) is 11. The highest BCUT2D eigenvalue weighted by Gasteiger charge is 2.58. The first kappa shape index (κ1) is 35.6. The summed E-state index contributed by atoms with van der Waals surface area (Å²) in [6, 6.07) is 12.1. The second-order valence-electron chi connectivity index (χ2n) is 13.1. The largest absolute Gasteiger partial charge is 0.464 e. The van der Waals surface area contributed by atoms with Crippen LogP contribution < -0.4 is 14.5 Å².